The summed E-state index contributed by atoms with van der Waals surface area (Å²) in [6, 6.07) is 14.3. The number of rotatable bonds is 7. The van der Waals surface area contributed by atoms with Crippen molar-refractivity contribution in [3.8, 4) is 0 Å². The molecular weight excluding hydrogens is 317 g/mol. The van der Waals surface area contributed by atoms with E-state index in [1.54, 1.807) is 6.07 Å². The largest absolute Gasteiger partial charge is 0.416 e. The van der Waals surface area contributed by atoms with Crippen LogP contribution >= 0.6 is 0 Å². The summed E-state index contributed by atoms with van der Waals surface area (Å²) in [5.74, 6) is 0. The van der Waals surface area contributed by atoms with Gasteiger partial charge in [0.15, 0.2) is 0 Å². The first-order valence-corrected chi connectivity index (χ1v) is 7.70. The number of benzene rings is 2. The van der Waals surface area contributed by atoms with Crippen molar-refractivity contribution in [2.24, 2.45) is 5.73 Å². The zero-order valence-corrected chi connectivity index (χ0v) is 13.1. The van der Waals surface area contributed by atoms with Crippen molar-refractivity contribution in [2.45, 2.75) is 31.3 Å². The maximum atomic E-state index is 12.7. The molecule has 2 atom stereocenters. The average Bonchev–Trinajstić information content (AvgIpc) is 2.55. The molecule has 0 bridgehead atoms. The van der Waals surface area contributed by atoms with Crippen LogP contribution in [0.25, 0.3) is 0 Å². The Morgan fingerprint density at radius 1 is 1.00 bits per heavy atom. The van der Waals surface area contributed by atoms with E-state index in [1.165, 1.54) is 6.07 Å². The Morgan fingerprint density at radius 2 is 1.67 bits per heavy atom. The Balaban J connectivity index is 1.81. The van der Waals surface area contributed by atoms with Gasteiger partial charge in [-0.1, -0.05) is 48.5 Å². The standard InChI is InChI=1S/C18H21F3N2O/c19-18(20,21)15-8-4-7-14(9-15)11-23-12-17(24)16(22)10-13-5-2-1-3-6-13/h1-9,16-17,23-24H,10-12,22H2/t16?,17-/m0/s1. The molecule has 0 radical (unpaired) electrons. The van der Waals surface area contributed by atoms with Gasteiger partial charge in [0, 0.05) is 19.1 Å². The third kappa shape index (κ3) is 5.63. The highest BCUT2D eigenvalue weighted by molar-refractivity contribution is 5.25. The van der Waals surface area contributed by atoms with Crippen molar-refractivity contribution in [3.05, 3.63) is 71.3 Å². The normalized spacial score (nSPS) is 14.4. The van der Waals surface area contributed by atoms with Gasteiger partial charge in [0.2, 0.25) is 0 Å². The van der Waals surface area contributed by atoms with E-state index in [4.69, 9.17) is 5.73 Å². The lowest BCUT2D eigenvalue weighted by Crippen LogP contribution is -2.43. The Kier molecular flexibility index (Phi) is 6.36. The van der Waals surface area contributed by atoms with E-state index in [0.717, 1.165) is 17.7 Å². The van der Waals surface area contributed by atoms with Crippen LogP contribution in [0.3, 0.4) is 0 Å². The molecule has 130 valence electrons. The van der Waals surface area contributed by atoms with Crippen molar-refractivity contribution in [1.82, 2.24) is 5.32 Å². The van der Waals surface area contributed by atoms with E-state index < -0.39 is 23.9 Å². The molecule has 0 amide bonds. The summed E-state index contributed by atoms with van der Waals surface area (Å²) < 4.78 is 38.0. The highest BCUT2D eigenvalue weighted by Crippen LogP contribution is 2.29. The van der Waals surface area contributed by atoms with Crippen LogP contribution < -0.4 is 11.1 Å². The fourth-order valence-electron chi connectivity index (χ4n) is 2.40. The molecule has 6 heteroatoms. The van der Waals surface area contributed by atoms with Crippen LogP contribution in [0.4, 0.5) is 13.2 Å². The molecule has 0 spiro atoms. The monoisotopic (exact) mass is 338 g/mol. The summed E-state index contributed by atoms with van der Waals surface area (Å²) in [6.07, 6.45) is -4.60. The first-order chi connectivity index (χ1) is 11.4. The maximum Gasteiger partial charge on any atom is 0.416 e. The second kappa shape index (κ2) is 8.28. The average molecular weight is 338 g/mol. The number of halogens is 3. The number of alkyl halides is 3. The molecule has 0 saturated heterocycles. The van der Waals surface area contributed by atoms with Crippen LogP contribution in [0, 0.1) is 0 Å². The number of nitrogens with one attached hydrogen (secondary N) is 1. The molecule has 0 aliphatic rings. The van der Waals surface area contributed by atoms with Gasteiger partial charge in [0.1, 0.15) is 0 Å². The van der Waals surface area contributed by atoms with Gasteiger partial charge >= 0.3 is 6.18 Å². The van der Waals surface area contributed by atoms with Crippen molar-refractivity contribution in [1.29, 1.82) is 0 Å². The molecule has 2 aromatic rings. The molecule has 2 aromatic carbocycles. The molecule has 2 rings (SSSR count). The molecule has 0 heterocycles. The van der Waals surface area contributed by atoms with E-state index in [-0.39, 0.29) is 13.1 Å². The van der Waals surface area contributed by atoms with Gasteiger partial charge < -0.3 is 16.2 Å². The quantitative estimate of drug-likeness (QED) is 0.728. The third-order valence-electron chi connectivity index (χ3n) is 3.75. The van der Waals surface area contributed by atoms with E-state index in [2.05, 4.69) is 5.32 Å². The maximum absolute atomic E-state index is 12.7. The summed E-state index contributed by atoms with van der Waals surface area (Å²) in [4.78, 5) is 0. The topological polar surface area (TPSA) is 58.3 Å². The van der Waals surface area contributed by atoms with E-state index in [1.807, 2.05) is 30.3 Å². The minimum absolute atomic E-state index is 0.213. The fourth-order valence-corrected chi connectivity index (χ4v) is 2.40. The zero-order chi connectivity index (χ0) is 17.6. The van der Waals surface area contributed by atoms with Gasteiger partial charge in [-0.15, -0.1) is 0 Å². The molecule has 0 aliphatic carbocycles. The molecule has 3 nitrogen and oxygen atoms in total. The van der Waals surface area contributed by atoms with Crippen LogP contribution in [0.5, 0.6) is 0 Å². The lowest BCUT2D eigenvalue weighted by molar-refractivity contribution is -0.137. The Hall–Kier alpha value is -1.89. The Morgan fingerprint density at radius 3 is 2.33 bits per heavy atom. The van der Waals surface area contributed by atoms with Crippen molar-refractivity contribution in [3.63, 3.8) is 0 Å². The predicted octanol–water partition coefficient (Wildman–Crippen LogP) is 2.73. The lowest BCUT2D eigenvalue weighted by atomic mass is 10.0. The summed E-state index contributed by atoms with van der Waals surface area (Å²) in [6.45, 7) is 0.448. The highest BCUT2D eigenvalue weighted by Gasteiger charge is 2.30. The molecule has 0 saturated carbocycles. The predicted molar refractivity (Wildman–Crippen MR) is 87.3 cm³/mol. The first kappa shape index (κ1) is 18.4. The number of aliphatic hydroxyl groups excluding tert-OH is 1. The lowest BCUT2D eigenvalue weighted by Gasteiger charge is -2.19. The number of hydrogen-bond acceptors (Lipinski definition) is 3. The first-order valence-electron chi connectivity index (χ1n) is 7.70. The number of aliphatic hydroxyl groups is 1. The fraction of sp³-hybridized carbons (Fsp3) is 0.333. The Bertz CT molecular complexity index is 632. The summed E-state index contributed by atoms with van der Waals surface area (Å²) in [7, 11) is 0. The molecule has 24 heavy (non-hydrogen) atoms. The SMILES string of the molecule is NC(Cc1ccccc1)[C@@H](O)CNCc1cccc(C(F)(F)F)c1. The minimum Gasteiger partial charge on any atom is -0.390 e. The molecule has 4 N–H and O–H groups in total. The van der Waals surface area contributed by atoms with Gasteiger partial charge in [-0.2, -0.15) is 13.2 Å². The zero-order valence-electron chi connectivity index (χ0n) is 13.1. The van der Waals surface area contributed by atoms with Crippen LogP contribution in [0.1, 0.15) is 16.7 Å². The second-order valence-corrected chi connectivity index (χ2v) is 5.75. The highest BCUT2D eigenvalue weighted by atomic mass is 19.4. The van der Waals surface area contributed by atoms with Crippen LogP contribution in [0.15, 0.2) is 54.6 Å². The number of hydrogen-bond donors (Lipinski definition) is 3. The summed E-state index contributed by atoms with van der Waals surface area (Å²) >= 11 is 0. The van der Waals surface area contributed by atoms with E-state index in [0.29, 0.717) is 12.0 Å². The van der Waals surface area contributed by atoms with Gasteiger partial charge in [-0.3, -0.25) is 0 Å². The van der Waals surface area contributed by atoms with E-state index >= 15 is 0 Å². The van der Waals surface area contributed by atoms with Gasteiger partial charge in [0.05, 0.1) is 11.7 Å². The van der Waals surface area contributed by atoms with Gasteiger partial charge in [-0.05, 0) is 23.6 Å². The minimum atomic E-state index is -4.35. The summed E-state index contributed by atoms with van der Waals surface area (Å²) in [5.41, 5.74) is 6.83. The third-order valence-corrected chi connectivity index (χ3v) is 3.75. The smallest absolute Gasteiger partial charge is 0.390 e. The van der Waals surface area contributed by atoms with Crippen LogP contribution in [-0.4, -0.2) is 23.8 Å². The molecule has 0 aromatic heterocycles. The van der Waals surface area contributed by atoms with E-state index in [9.17, 15) is 18.3 Å². The van der Waals surface area contributed by atoms with Crippen molar-refractivity contribution in [2.75, 3.05) is 6.54 Å². The summed E-state index contributed by atoms with van der Waals surface area (Å²) in [5, 5.41) is 13.0. The van der Waals surface area contributed by atoms with Gasteiger partial charge in [-0.25, -0.2) is 0 Å². The van der Waals surface area contributed by atoms with Crippen LogP contribution in [0.2, 0.25) is 0 Å². The molecule has 1 unspecified atom stereocenters. The van der Waals surface area contributed by atoms with Gasteiger partial charge in [0.25, 0.3) is 0 Å². The van der Waals surface area contributed by atoms with Crippen molar-refractivity contribution >= 4 is 0 Å². The Labute approximate surface area is 139 Å². The number of nitrogens with two attached hydrogens (primary N) is 1. The van der Waals surface area contributed by atoms with Crippen molar-refractivity contribution < 1.29 is 18.3 Å². The van der Waals surface area contributed by atoms with Crippen LogP contribution in [-0.2, 0) is 19.1 Å². The molecule has 0 fully saturated rings. The second-order valence-electron chi connectivity index (χ2n) is 5.75. The molecular formula is C18H21F3N2O. The molecule has 0 aliphatic heterocycles.